The summed E-state index contributed by atoms with van der Waals surface area (Å²) in [5, 5.41) is 1.33. The van der Waals surface area contributed by atoms with E-state index in [1.165, 1.54) is 25.4 Å². The molecule has 1 aromatic heterocycles. The zero-order valence-electron chi connectivity index (χ0n) is 20.7. The SMILES string of the molecule is C[C](C)=[Zr]([c]1cc2ccccc2[nH]1)([CH]1C=Cc2ccccc21)([C](C)(C)C)[C](C)(C)C.Cl.Cl. The number of para-hydroxylation sites is 1. The van der Waals surface area contributed by atoms with Crippen LogP contribution in [0.2, 0.25) is 6.25 Å². The zero-order chi connectivity index (χ0) is 22.0. The minimum Gasteiger partial charge on any atom is -0.147 e. The average Bonchev–Trinajstić information content (AvgIpc) is 3.25. The molecule has 0 amide bonds. The number of H-pyrrole nitrogens is 1. The molecule has 0 bridgehead atoms. The van der Waals surface area contributed by atoms with Crippen molar-refractivity contribution in [2.75, 3.05) is 0 Å². The van der Waals surface area contributed by atoms with E-state index in [1.807, 2.05) is 0 Å². The molecule has 0 aliphatic heterocycles. The van der Waals surface area contributed by atoms with Crippen molar-refractivity contribution < 1.29 is 18.3 Å². The summed E-state index contributed by atoms with van der Waals surface area (Å²) in [6.45, 7) is 20.0. The molecule has 3 aromatic rings. The topological polar surface area (TPSA) is 15.8 Å². The van der Waals surface area contributed by atoms with Gasteiger partial charge in [0.2, 0.25) is 0 Å². The predicted molar refractivity (Wildman–Crippen MR) is 146 cm³/mol. The molecule has 0 saturated heterocycles. The summed E-state index contributed by atoms with van der Waals surface area (Å²) in [5.41, 5.74) is 4.18. The maximum Gasteiger partial charge on any atom is -0.147 e. The van der Waals surface area contributed by atoms with Gasteiger partial charge in [0.05, 0.1) is 0 Å². The molecular weight excluding hydrogens is 512 g/mol. The van der Waals surface area contributed by atoms with Gasteiger partial charge in [-0.15, -0.1) is 24.8 Å². The standard InChI is InChI=1S/C9H7.C8H6N.2C4H9.C3H6.2ClH.Zr/c1-2-5-9-7-3-6-8(9)4-1;1-2-4-8-7(3-1)5-6-9-8;2*1-4(2)3;1-3-2;;;/h1-7H;1-5,9H;2*1-3H3;1-2H3;2*1H;. The van der Waals surface area contributed by atoms with Crippen LogP contribution < -0.4 is 3.40 Å². The van der Waals surface area contributed by atoms with Crippen molar-refractivity contribution >= 4 is 48.4 Å². The molecular formula is C28H39Cl2NZr. The van der Waals surface area contributed by atoms with Gasteiger partial charge in [-0.05, 0) is 0 Å². The van der Waals surface area contributed by atoms with Gasteiger partial charge in [0, 0.05) is 0 Å². The number of aromatic amines is 1. The van der Waals surface area contributed by atoms with Crippen LogP contribution in [0, 0.1) is 0 Å². The summed E-state index contributed by atoms with van der Waals surface area (Å²) in [5.74, 6) is 0. The molecule has 1 atom stereocenters. The van der Waals surface area contributed by atoms with Gasteiger partial charge in [-0.25, -0.2) is 0 Å². The van der Waals surface area contributed by atoms with Gasteiger partial charge in [-0.3, -0.25) is 0 Å². The summed E-state index contributed by atoms with van der Waals surface area (Å²) in [6.07, 6.45) is 4.95. The van der Waals surface area contributed by atoms with Crippen LogP contribution >= 0.6 is 24.8 Å². The van der Waals surface area contributed by atoms with Crippen molar-refractivity contribution in [3.8, 4) is 0 Å². The molecule has 0 fully saturated rings. The Hall–Kier alpha value is -0.947. The molecule has 1 unspecified atom stereocenters. The third-order valence-corrected chi connectivity index (χ3v) is 36.8. The molecule has 1 heterocycles. The molecule has 1 nitrogen and oxygen atoms in total. The molecule has 0 radical (unpaired) electrons. The van der Waals surface area contributed by atoms with Gasteiger partial charge in [0.25, 0.3) is 0 Å². The first kappa shape index (κ1) is 27.3. The monoisotopic (exact) mass is 549 g/mol. The first-order valence-electron chi connectivity index (χ1n) is 11.3. The molecule has 2 aromatic carbocycles. The molecule has 4 rings (SSSR count). The largest absolute Gasteiger partial charge is 0.147 e. The van der Waals surface area contributed by atoms with Crippen LogP contribution in [0.5, 0.6) is 0 Å². The Morgan fingerprint density at radius 1 is 0.812 bits per heavy atom. The van der Waals surface area contributed by atoms with E-state index in [-0.39, 0.29) is 31.1 Å². The summed E-state index contributed by atoms with van der Waals surface area (Å²) in [7, 11) is 0. The van der Waals surface area contributed by atoms with E-state index in [2.05, 4.69) is 127 Å². The number of aromatic nitrogens is 1. The molecule has 4 heteroatoms. The van der Waals surface area contributed by atoms with Crippen molar-refractivity contribution in [2.24, 2.45) is 0 Å². The maximum atomic E-state index is 4.02. The van der Waals surface area contributed by atoms with E-state index in [1.54, 1.807) is 3.21 Å². The van der Waals surface area contributed by atoms with Crippen LogP contribution in [-0.4, -0.2) is 8.19 Å². The van der Waals surface area contributed by atoms with Gasteiger partial charge in [-0.1, -0.05) is 0 Å². The van der Waals surface area contributed by atoms with Gasteiger partial charge < -0.3 is 0 Å². The second-order valence-corrected chi connectivity index (χ2v) is 30.8. The van der Waals surface area contributed by atoms with Crippen molar-refractivity contribution in [3.05, 3.63) is 71.8 Å². The first-order valence-corrected chi connectivity index (χ1v) is 17.6. The Morgan fingerprint density at radius 3 is 1.94 bits per heavy atom. The van der Waals surface area contributed by atoms with Crippen LogP contribution in [0.3, 0.4) is 0 Å². The van der Waals surface area contributed by atoms with Crippen LogP contribution in [0.4, 0.5) is 0 Å². The Bertz CT molecular complexity index is 1180. The Balaban J connectivity index is 0.00000181. The maximum absolute atomic E-state index is 4.17. The van der Waals surface area contributed by atoms with Crippen LogP contribution in [-0.2, 0) is 18.3 Å². The fraction of sp³-hybridized carbons (Fsp3) is 0.393. The second-order valence-electron chi connectivity index (χ2n) is 11.6. The van der Waals surface area contributed by atoms with E-state index >= 15 is 0 Å². The van der Waals surface area contributed by atoms with E-state index < -0.39 is 18.3 Å². The normalized spacial score (nSPS) is 16.3. The number of hydrogen-bond donors (Lipinski definition) is 1. The van der Waals surface area contributed by atoms with Crippen molar-refractivity contribution in [1.82, 2.24) is 4.98 Å². The number of hydrogen-bond acceptors (Lipinski definition) is 0. The number of benzene rings is 2. The van der Waals surface area contributed by atoms with Gasteiger partial charge in [0.15, 0.2) is 0 Å². The first-order chi connectivity index (χ1) is 14.0. The van der Waals surface area contributed by atoms with Crippen LogP contribution in [0.25, 0.3) is 17.0 Å². The smallest absolute Gasteiger partial charge is 0.147 e. The Labute approximate surface area is 207 Å². The molecule has 1 N–H and O–H groups in total. The third kappa shape index (κ3) is 3.09. The van der Waals surface area contributed by atoms with Crippen molar-refractivity contribution in [1.29, 1.82) is 0 Å². The van der Waals surface area contributed by atoms with Crippen LogP contribution in [0.1, 0.15) is 70.1 Å². The van der Waals surface area contributed by atoms with Crippen LogP contribution in [0.15, 0.2) is 60.7 Å². The van der Waals surface area contributed by atoms with E-state index in [4.69, 9.17) is 0 Å². The molecule has 32 heavy (non-hydrogen) atoms. The minimum atomic E-state index is -4.17. The van der Waals surface area contributed by atoms with E-state index in [0.29, 0.717) is 3.63 Å². The number of halogens is 2. The van der Waals surface area contributed by atoms with E-state index in [0.717, 1.165) is 0 Å². The van der Waals surface area contributed by atoms with Crippen molar-refractivity contribution in [3.63, 3.8) is 0 Å². The third-order valence-electron chi connectivity index (χ3n) is 8.67. The van der Waals surface area contributed by atoms with Gasteiger partial charge in [-0.2, -0.15) is 0 Å². The van der Waals surface area contributed by atoms with Gasteiger partial charge >= 0.3 is 184 Å². The average molecular weight is 552 g/mol. The minimum absolute atomic E-state index is 0. The molecule has 1 aliphatic carbocycles. The second kappa shape index (κ2) is 8.68. The predicted octanol–water partition coefficient (Wildman–Crippen LogP) is 8.74. The fourth-order valence-corrected chi connectivity index (χ4v) is 38.8. The zero-order valence-corrected chi connectivity index (χ0v) is 24.8. The molecule has 0 spiro atoms. The number of fused-ring (bicyclic) bond motifs is 2. The Morgan fingerprint density at radius 2 is 1.38 bits per heavy atom. The fourth-order valence-electron chi connectivity index (χ4n) is 8.22. The summed E-state index contributed by atoms with van der Waals surface area (Å²) < 4.78 is 3.93. The number of rotatable bonds is 2. The van der Waals surface area contributed by atoms with E-state index in [9.17, 15) is 0 Å². The molecule has 1 aliphatic rings. The summed E-state index contributed by atoms with van der Waals surface area (Å²) >= 11 is -4.17. The number of allylic oxidation sites excluding steroid dienone is 1. The number of nitrogens with one attached hydrogen (secondary N) is 1. The Kier molecular flexibility index (Phi) is 7.41. The molecule has 174 valence electrons. The summed E-state index contributed by atoms with van der Waals surface area (Å²) in [4.78, 5) is 4.02. The van der Waals surface area contributed by atoms with Crippen molar-refractivity contribution in [2.45, 2.75) is 65.3 Å². The quantitative estimate of drug-likeness (QED) is 0.328. The molecule has 0 saturated carbocycles. The van der Waals surface area contributed by atoms with Gasteiger partial charge in [0.1, 0.15) is 0 Å². The summed E-state index contributed by atoms with van der Waals surface area (Å²) in [6, 6.07) is 20.4.